The highest BCUT2D eigenvalue weighted by molar-refractivity contribution is 5.95. The predicted molar refractivity (Wildman–Crippen MR) is 146 cm³/mol. The van der Waals surface area contributed by atoms with Crippen molar-refractivity contribution >= 4 is 17.9 Å². The van der Waals surface area contributed by atoms with Crippen molar-refractivity contribution in [2.45, 2.75) is 83.6 Å². The number of ether oxygens (including phenoxy) is 1. The molecular weight excluding hydrogens is 517 g/mol. The van der Waals surface area contributed by atoms with Crippen LogP contribution in [0.5, 0.6) is 0 Å². The standard InChI is InChI=1S/C29H38FN5O5/c1-28(2,3)40-27(38)34-12-10-21(11-13-34)35(20-7-8-20)26(37)19-15-31-24(32-16-19)18-6-9-22(23(30)14-18)25(36)33-17-29(4,5)39/h6,9,14-16,20-21,39H,7-8,10-13,17H2,1-5H3,(H,33,36). The second-order valence-electron chi connectivity index (χ2n) is 12.1. The molecule has 40 heavy (non-hydrogen) atoms. The minimum Gasteiger partial charge on any atom is -0.444 e. The molecule has 1 aliphatic heterocycles. The molecule has 2 heterocycles. The maximum Gasteiger partial charge on any atom is 0.410 e. The van der Waals surface area contributed by atoms with E-state index >= 15 is 0 Å². The van der Waals surface area contributed by atoms with Crippen molar-refractivity contribution in [1.29, 1.82) is 0 Å². The molecule has 1 saturated heterocycles. The number of nitrogens with one attached hydrogen (secondary N) is 1. The summed E-state index contributed by atoms with van der Waals surface area (Å²) in [6.45, 7) is 9.60. The van der Waals surface area contributed by atoms with E-state index in [9.17, 15) is 23.9 Å². The van der Waals surface area contributed by atoms with Crippen molar-refractivity contribution in [2.75, 3.05) is 19.6 Å². The molecule has 0 spiro atoms. The van der Waals surface area contributed by atoms with Crippen LogP contribution in [0.25, 0.3) is 11.4 Å². The molecule has 3 amide bonds. The lowest BCUT2D eigenvalue weighted by atomic mass is 10.0. The van der Waals surface area contributed by atoms with Gasteiger partial charge >= 0.3 is 6.09 Å². The average molecular weight is 556 g/mol. The van der Waals surface area contributed by atoms with Gasteiger partial charge in [-0.3, -0.25) is 9.59 Å². The van der Waals surface area contributed by atoms with E-state index in [0.717, 1.165) is 12.8 Å². The molecular formula is C29H38FN5O5. The average Bonchev–Trinajstić information content (AvgIpc) is 3.71. The number of hydrogen-bond donors (Lipinski definition) is 2. The molecule has 0 atom stereocenters. The SMILES string of the molecule is CC(C)(O)CNC(=O)c1ccc(-c2ncc(C(=O)N(C3CC3)C3CCN(C(=O)OC(C)(C)C)CC3)cn2)cc1F. The quantitative estimate of drug-likeness (QED) is 0.533. The fourth-order valence-corrected chi connectivity index (χ4v) is 4.60. The van der Waals surface area contributed by atoms with Crippen LogP contribution in [-0.2, 0) is 4.74 Å². The van der Waals surface area contributed by atoms with E-state index in [-0.39, 0.29) is 42.0 Å². The van der Waals surface area contributed by atoms with Crippen LogP contribution >= 0.6 is 0 Å². The van der Waals surface area contributed by atoms with E-state index in [1.165, 1.54) is 44.4 Å². The van der Waals surface area contributed by atoms with E-state index in [0.29, 0.717) is 37.1 Å². The maximum absolute atomic E-state index is 14.7. The van der Waals surface area contributed by atoms with Crippen molar-refractivity contribution in [3.63, 3.8) is 0 Å². The van der Waals surface area contributed by atoms with Crippen LogP contribution in [0.1, 0.15) is 81.0 Å². The van der Waals surface area contributed by atoms with Gasteiger partial charge in [0.15, 0.2) is 5.82 Å². The number of hydrogen-bond acceptors (Lipinski definition) is 7. The normalized spacial score (nSPS) is 16.4. The van der Waals surface area contributed by atoms with E-state index < -0.39 is 22.9 Å². The number of nitrogens with zero attached hydrogens (tertiary/aromatic N) is 4. The lowest BCUT2D eigenvalue weighted by Gasteiger charge is -2.39. The monoisotopic (exact) mass is 555 g/mol. The number of aliphatic hydroxyl groups is 1. The number of amides is 3. The van der Waals surface area contributed by atoms with Gasteiger partial charge in [-0.05, 0) is 72.4 Å². The molecule has 1 saturated carbocycles. The van der Waals surface area contributed by atoms with Crippen molar-refractivity contribution in [3.8, 4) is 11.4 Å². The van der Waals surface area contributed by atoms with Crippen LogP contribution in [0.15, 0.2) is 30.6 Å². The molecule has 2 N–H and O–H groups in total. The van der Waals surface area contributed by atoms with Crippen molar-refractivity contribution in [1.82, 2.24) is 25.1 Å². The second-order valence-corrected chi connectivity index (χ2v) is 12.1. The number of benzene rings is 1. The molecule has 2 aromatic rings. The molecule has 1 aliphatic carbocycles. The highest BCUT2D eigenvalue weighted by Crippen LogP contribution is 2.33. The summed E-state index contributed by atoms with van der Waals surface area (Å²) in [5.74, 6) is -1.31. The molecule has 10 nitrogen and oxygen atoms in total. The first kappa shape index (κ1) is 29.4. The molecule has 0 unspecified atom stereocenters. The summed E-state index contributed by atoms with van der Waals surface area (Å²) < 4.78 is 20.2. The smallest absolute Gasteiger partial charge is 0.410 e. The highest BCUT2D eigenvalue weighted by Gasteiger charge is 2.40. The summed E-state index contributed by atoms with van der Waals surface area (Å²) in [6, 6.07) is 4.21. The van der Waals surface area contributed by atoms with E-state index in [4.69, 9.17) is 4.74 Å². The summed E-state index contributed by atoms with van der Waals surface area (Å²) in [4.78, 5) is 50.4. The van der Waals surface area contributed by atoms with Gasteiger partial charge in [-0.1, -0.05) is 6.07 Å². The Hall–Kier alpha value is -3.60. The fourth-order valence-electron chi connectivity index (χ4n) is 4.60. The number of likely N-dealkylation sites (tertiary alicyclic amines) is 1. The minimum absolute atomic E-state index is 0.00237. The zero-order valence-corrected chi connectivity index (χ0v) is 23.7. The Kier molecular flexibility index (Phi) is 8.44. The van der Waals surface area contributed by atoms with Crippen LogP contribution in [0.3, 0.4) is 0 Å². The van der Waals surface area contributed by atoms with Crippen molar-refractivity contribution < 1.29 is 28.6 Å². The Morgan fingerprint density at radius 2 is 1.65 bits per heavy atom. The third kappa shape index (κ3) is 7.53. The Balaban J connectivity index is 1.41. The third-order valence-corrected chi connectivity index (χ3v) is 6.74. The molecule has 0 bridgehead atoms. The number of rotatable bonds is 7. The Morgan fingerprint density at radius 1 is 1.05 bits per heavy atom. The van der Waals surface area contributed by atoms with Gasteiger partial charge in [0, 0.05) is 49.7 Å². The maximum atomic E-state index is 14.7. The third-order valence-electron chi connectivity index (χ3n) is 6.74. The molecule has 4 rings (SSSR count). The van der Waals surface area contributed by atoms with E-state index in [1.807, 2.05) is 25.7 Å². The Morgan fingerprint density at radius 3 is 2.17 bits per heavy atom. The van der Waals surface area contributed by atoms with E-state index in [1.54, 1.807) is 4.90 Å². The highest BCUT2D eigenvalue weighted by atomic mass is 19.1. The van der Waals surface area contributed by atoms with E-state index in [2.05, 4.69) is 15.3 Å². The topological polar surface area (TPSA) is 125 Å². The van der Waals surface area contributed by atoms with Gasteiger partial charge in [-0.15, -0.1) is 0 Å². The zero-order chi connectivity index (χ0) is 29.2. The lowest BCUT2D eigenvalue weighted by molar-refractivity contribution is 0.0142. The van der Waals surface area contributed by atoms with Gasteiger partial charge < -0.3 is 25.0 Å². The summed E-state index contributed by atoms with van der Waals surface area (Å²) in [6.07, 6.45) is 5.75. The van der Waals surface area contributed by atoms with Gasteiger partial charge in [0.2, 0.25) is 0 Å². The van der Waals surface area contributed by atoms with Crippen LogP contribution < -0.4 is 5.32 Å². The molecule has 1 aromatic carbocycles. The number of piperidine rings is 1. The molecule has 2 aliphatic rings. The van der Waals surface area contributed by atoms with Crippen LogP contribution in [-0.4, -0.2) is 85.7 Å². The molecule has 216 valence electrons. The predicted octanol–water partition coefficient (Wildman–Crippen LogP) is 3.79. The Labute approximate surface area is 233 Å². The Bertz CT molecular complexity index is 1240. The molecule has 2 fully saturated rings. The van der Waals surface area contributed by atoms with Gasteiger partial charge in [-0.2, -0.15) is 0 Å². The summed E-state index contributed by atoms with van der Waals surface area (Å²) >= 11 is 0. The zero-order valence-electron chi connectivity index (χ0n) is 23.7. The number of carbonyl (C=O) groups excluding carboxylic acids is 3. The first-order chi connectivity index (χ1) is 18.7. The molecule has 11 heteroatoms. The van der Waals surface area contributed by atoms with Crippen molar-refractivity contribution in [3.05, 3.63) is 47.5 Å². The van der Waals surface area contributed by atoms with Gasteiger partial charge in [0.25, 0.3) is 11.8 Å². The number of carbonyl (C=O) groups is 3. The van der Waals surface area contributed by atoms with Crippen LogP contribution in [0, 0.1) is 5.82 Å². The number of halogens is 1. The largest absolute Gasteiger partial charge is 0.444 e. The first-order valence-electron chi connectivity index (χ1n) is 13.6. The minimum atomic E-state index is -1.12. The lowest BCUT2D eigenvalue weighted by Crippen LogP contribution is -2.50. The van der Waals surface area contributed by atoms with Gasteiger partial charge in [0.05, 0.1) is 16.7 Å². The number of aromatic nitrogens is 2. The summed E-state index contributed by atoms with van der Waals surface area (Å²) in [5, 5.41) is 12.3. The fraction of sp³-hybridized carbons (Fsp3) is 0.552. The van der Waals surface area contributed by atoms with Gasteiger partial charge in [0.1, 0.15) is 11.4 Å². The summed E-state index contributed by atoms with van der Waals surface area (Å²) in [5.41, 5.74) is -1.13. The molecule has 0 radical (unpaired) electrons. The summed E-state index contributed by atoms with van der Waals surface area (Å²) in [7, 11) is 0. The van der Waals surface area contributed by atoms with Crippen LogP contribution in [0.4, 0.5) is 9.18 Å². The molecule has 1 aromatic heterocycles. The van der Waals surface area contributed by atoms with Gasteiger partial charge in [-0.25, -0.2) is 19.2 Å². The van der Waals surface area contributed by atoms with Crippen LogP contribution in [0.2, 0.25) is 0 Å². The first-order valence-corrected chi connectivity index (χ1v) is 13.6. The van der Waals surface area contributed by atoms with Crippen molar-refractivity contribution in [2.24, 2.45) is 0 Å². The second kappa shape index (κ2) is 11.5.